The van der Waals surface area contributed by atoms with Crippen LogP contribution >= 0.6 is 0 Å². The molecule has 0 radical (unpaired) electrons. The fourth-order valence-corrected chi connectivity index (χ4v) is 4.56. The van der Waals surface area contributed by atoms with Gasteiger partial charge in [-0.2, -0.15) is 13.2 Å². The van der Waals surface area contributed by atoms with Crippen LogP contribution in [0.15, 0.2) is 54.7 Å². The zero-order valence-corrected chi connectivity index (χ0v) is 20.5. The van der Waals surface area contributed by atoms with E-state index in [4.69, 9.17) is 14.2 Å². The lowest BCUT2D eigenvalue weighted by Crippen LogP contribution is -2.37. The highest BCUT2D eigenvalue weighted by Gasteiger charge is 2.30. The number of fused-ring (bicyclic) bond motifs is 1. The van der Waals surface area contributed by atoms with E-state index < -0.39 is 16.7 Å². The van der Waals surface area contributed by atoms with Crippen molar-refractivity contribution >= 4 is 11.5 Å². The predicted octanol–water partition coefficient (Wildman–Crippen LogP) is 5.23. The summed E-state index contributed by atoms with van der Waals surface area (Å²) in [5, 5.41) is 10.9. The lowest BCUT2D eigenvalue weighted by Gasteiger charge is -2.33. The SMILES string of the molecule is O=[N+]([O-])c1cn2c(n1)O[C@@H](COc1ccc(N3CCC(OCc4ccc(C(F)(F)F)cc4)CC3)cc1)CC2. The van der Waals surface area contributed by atoms with Crippen LogP contribution in [0.2, 0.25) is 0 Å². The Morgan fingerprint density at radius 2 is 1.74 bits per heavy atom. The Kier molecular flexibility index (Phi) is 7.41. The largest absolute Gasteiger partial charge is 0.490 e. The van der Waals surface area contributed by atoms with E-state index in [1.165, 1.54) is 18.3 Å². The molecule has 2 aliphatic heterocycles. The number of aromatic nitrogens is 2. The molecule has 0 spiro atoms. The first-order chi connectivity index (χ1) is 18.2. The molecule has 202 valence electrons. The van der Waals surface area contributed by atoms with E-state index in [-0.39, 0.29) is 24.0 Å². The van der Waals surface area contributed by atoms with Crippen LogP contribution in [0.3, 0.4) is 0 Å². The smallest absolute Gasteiger partial charge is 0.416 e. The monoisotopic (exact) mass is 532 g/mol. The van der Waals surface area contributed by atoms with Crippen molar-refractivity contribution in [2.75, 3.05) is 24.6 Å². The third-order valence-electron chi connectivity index (χ3n) is 6.73. The van der Waals surface area contributed by atoms with Gasteiger partial charge in [0.05, 0.1) is 18.3 Å². The van der Waals surface area contributed by atoms with Gasteiger partial charge in [-0.25, -0.2) is 0 Å². The van der Waals surface area contributed by atoms with E-state index in [9.17, 15) is 23.3 Å². The Labute approximate surface area is 216 Å². The highest BCUT2D eigenvalue weighted by molar-refractivity contribution is 5.49. The summed E-state index contributed by atoms with van der Waals surface area (Å²) < 4.78 is 57.3. The molecule has 38 heavy (non-hydrogen) atoms. The maximum atomic E-state index is 12.7. The highest BCUT2D eigenvalue weighted by Crippen LogP contribution is 2.30. The van der Waals surface area contributed by atoms with Gasteiger partial charge < -0.3 is 29.2 Å². The molecule has 12 heteroatoms. The molecule has 9 nitrogen and oxygen atoms in total. The lowest BCUT2D eigenvalue weighted by atomic mass is 10.1. The number of benzene rings is 2. The normalized spacial score (nSPS) is 18.1. The first-order valence-electron chi connectivity index (χ1n) is 12.4. The fourth-order valence-electron chi connectivity index (χ4n) is 4.56. The van der Waals surface area contributed by atoms with Crippen LogP contribution in [0.4, 0.5) is 24.7 Å². The van der Waals surface area contributed by atoms with Gasteiger partial charge >= 0.3 is 18.0 Å². The molecule has 0 N–H and O–H groups in total. The third-order valence-corrected chi connectivity index (χ3v) is 6.73. The Morgan fingerprint density at radius 1 is 1.03 bits per heavy atom. The average Bonchev–Trinajstić information content (AvgIpc) is 3.35. The maximum absolute atomic E-state index is 12.7. The molecule has 1 atom stereocenters. The topological polar surface area (TPSA) is 91.9 Å². The van der Waals surface area contributed by atoms with E-state index >= 15 is 0 Å². The molecule has 0 saturated carbocycles. The van der Waals surface area contributed by atoms with Crippen molar-refractivity contribution in [3.8, 4) is 11.8 Å². The number of imidazole rings is 1. The summed E-state index contributed by atoms with van der Waals surface area (Å²) in [6.45, 7) is 2.80. The Balaban J connectivity index is 1.04. The molecular formula is C26H27F3N4O5. The van der Waals surface area contributed by atoms with Crippen molar-refractivity contribution in [3.05, 3.63) is 76.0 Å². The molecule has 5 rings (SSSR count). The zero-order valence-electron chi connectivity index (χ0n) is 20.5. The molecule has 1 fully saturated rings. The molecule has 0 bridgehead atoms. The number of halogens is 3. The van der Waals surface area contributed by atoms with Crippen LogP contribution in [0.1, 0.15) is 30.4 Å². The van der Waals surface area contributed by atoms with Gasteiger partial charge in [0, 0.05) is 36.7 Å². The van der Waals surface area contributed by atoms with Crippen molar-refractivity contribution in [1.29, 1.82) is 0 Å². The van der Waals surface area contributed by atoms with Crippen molar-refractivity contribution < 1.29 is 32.3 Å². The van der Waals surface area contributed by atoms with Crippen molar-refractivity contribution in [2.45, 2.75) is 50.8 Å². The van der Waals surface area contributed by atoms with E-state index in [0.29, 0.717) is 31.9 Å². The molecule has 3 aromatic rings. The van der Waals surface area contributed by atoms with Crippen LogP contribution in [-0.2, 0) is 24.1 Å². The van der Waals surface area contributed by atoms with Gasteiger partial charge in [0.25, 0.3) is 0 Å². The number of nitrogens with zero attached hydrogens (tertiary/aromatic N) is 4. The van der Waals surface area contributed by atoms with E-state index in [1.807, 2.05) is 24.3 Å². The predicted molar refractivity (Wildman–Crippen MR) is 131 cm³/mol. The van der Waals surface area contributed by atoms with Gasteiger partial charge in [-0.15, -0.1) is 0 Å². The molecule has 0 amide bonds. The van der Waals surface area contributed by atoms with Crippen molar-refractivity contribution in [1.82, 2.24) is 9.55 Å². The van der Waals surface area contributed by atoms with Crippen molar-refractivity contribution in [2.24, 2.45) is 0 Å². The maximum Gasteiger partial charge on any atom is 0.416 e. The van der Waals surface area contributed by atoms with E-state index in [2.05, 4.69) is 9.88 Å². The second-order valence-electron chi connectivity index (χ2n) is 9.36. The van der Waals surface area contributed by atoms with Crippen LogP contribution in [-0.4, -0.2) is 46.4 Å². The number of ether oxygens (including phenoxy) is 3. The molecule has 1 saturated heterocycles. The number of hydrogen-bond acceptors (Lipinski definition) is 7. The Bertz CT molecular complexity index is 1240. The zero-order chi connectivity index (χ0) is 26.7. The number of piperidine rings is 1. The van der Waals surface area contributed by atoms with Gasteiger partial charge in [-0.05, 0) is 59.7 Å². The van der Waals surface area contributed by atoms with Gasteiger partial charge in [-0.3, -0.25) is 4.57 Å². The molecule has 3 heterocycles. The molecule has 0 aliphatic carbocycles. The first-order valence-corrected chi connectivity index (χ1v) is 12.4. The van der Waals surface area contributed by atoms with E-state index in [0.717, 1.165) is 49.3 Å². The molecule has 0 unspecified atom stereocenters. The molecule has 2 aromatic carbocycles. The lowest BCUT2D eigenvalue weighted by molar-refractivity contribution is -0.389. The second-order valence-corrected chi connectivity index (χ2v) is 9.36. The number of anilines is 1. The van der Waals surface area contributed by atoms with Gasteiger partial charge in [0.1, 0.15) is 24.7 Å². The minimum atomic E-state index is -4.33. The number of hydrogen-bond donors (Lipinski definition) is 0. The average molecular weight is 533 g/mol. The fraction of sp³-hybridized carbons (Fsp3) is 0.423. The summed E-state index contributed by atoms with van der Waals surface area (Å²) in [4.78, 5) is 16.5. The Morgan fingerprint density at radius 3 is 2.39 bits per heavy atom. The summed E-state index contributed by atoms with van der Waals surface area (Å²) in [5.74, 6) is 0.471. The Hall–Kier alpha value is -3.80. The first kappa shape index (κ1) is 25.8. The number of alkyl halides is 3. The standard InChI is InChI=1S/C26H27F3N4O5/c27-26(28,29)19-3-1-18(2-4-19)16-36-22-9-12-31(13-10-22)20-5-7-21(8-6-20)37-17-23-11-14-32-15-24(33(34)35)30-25(32)38-23/h1-8,15,22-23H,9-14,16-17H2/t23-/m1/s1. The van der Waals surface area contributed by atoms with Gasteiger partial charge in [-0.1, -0.05) is 12.1 Å². The second kappa shape index (κ2) is 10.9. The van der Waals surface area contributed by atoms with Gasteiger partial charge in [0.2, 0.25) is 0 Å². The number of aryl methyl sites for hydroxylation is 1. The van der Waals surface area contributed by atoms with Crippen LogP contribution < -0.4 is 14.4 Å². The summed E-state index contributed by atoms with van der Waals surface area (Å²) in [6.07, 6.45) is -0.834. The summed E-state index contributed by atoms with van der Waals surface area (Å²) in [6, 6.07) is 13.1. The quantitative estimate of drug-likeness (QED) is 0.290. The summed E-state index contributed by atoms with van der Waals surface area (Å²) in [7, 11) is 0. The summed E-state index contributed by atoms with van der Waals surface area (Å²) >= 11 is 0. The van der Waals surface area contributed by atoms with Crippen LogP contribution in [0.25, 0.3) is 0 Å². The van der Waals surface area contributed by atoms with Crippen LogP contribution in [0.5, 0.6) is 11.8 Å². The molecule has 1 aromatic heterocycles. The highest BCUT2D eigenvalue weighted by atomic mass is 19.4. The number of rotatable bonds is 8. The number of nitro groups is 1. The van der Waals surface area contributed by atoms with Gasteiger partial charge in [0.15, 0.2) is 0 Å². The van der Waals surface area contributed by atoms with Crippen molar-refractivity contribution in [3.63, 3.8) is 0 Å². The van der Waals surface area contributed by atoms with E-state index in [1.54, 1.807) is 4.57 Å². The minimum Gasteiger partial charge on any atom is -0.490 e. The summed E-state index contributed by atoms with van der Waals surface area (Å²) in [5.41, 5.74) is 1.14. The minimum absolute atomic E-state index is 0.0590. The van der Waals surface area contributed by atoms with Crippen LogP contribution in [0, 0.1) is 10.1 Å². The molecular weight excluding hydrogens is 505 g/mol. The third kappa shape index (κ3) is 6.18. The molecule has 2 aliphatic rings.